The van der Waals surface area contributed by atoms with Gasteiger partial charge in [0, 0.05) is 19.1 Å². The van der Waals surface area contributed by atoms with E-state index in [4.69, 9.17) is 0 Å². The van der Waals surface area contributed by atoms with Crippen LogP contribution in [-0.4, -0.2) is 35.6 Å². The third kappa shape index (κ3) is 2.52. The topological polar surface area (TPSA) is 41.1 Å². The summed E-state index contributed by atoms with van der Waals surface area (Å²) < 4.78 is 1.24. The second-order valence-electron chi connectivity index (χ2n) is 5.95. The number of piperidine rings is 1. The summed E-state index contributed by atoms with van der Waals surface area (Å²) in [4.78, 5) is 11.3. The molecule has 4 rings (SSSR count). The summed E-state index contributed by atoms with van der Waals surface area (Å²) >= 11 is 1.75. The zero-order chi connectivity index (χ0) is 13.4. The van der Waals surface area contributed by atoms with Crippen molar-refractivity contribution in [2.75, 3.05) is 24.5 Å². The smallest absolute Gasteiger partial charge is 0.150 e. The van der Waals surface area contributed by atoms with E-state index in [9.17, 15) is 0 Å². The third-order valence-corrected chi connectivity index (χ3v) is 5.31. The fourth-order valence-electron chi connectivity index (χ4n) is 2.97. The molecule has 5 heteroatoms. The quantitative estimate of drug-likeness (QED) is 0.939. The van der Waals surface area contributed by atoms with Crippen LogP contribution >= 0.6 is 11.3 Å². The molecule has 106 valence electrons. The standard InChI is InChI=1S/C15H20N4S/c1-2-12(1)16-9-11-3-6-19(7-4-11)15-14-13(5-8-20-14)17-10-18-15/h5,8,10-12,16H,1-4,6-7,9H2. The fourth-order valence-corrected chi connectivity index (χ4v) is 3.83. The fraction of sp³-hybridized carbons (Fsp3) is 0.600. The number of fused-ring (bicyclic) bond motifs is 1. The molecule has 2 aliphatic rings. The van der Waals surface area contributed by atoms with E-state index in [-0.39, 0.29) is 0 Å². The molecule has 0 radical (unpaired) electrons. The van der Waals surface area contributed by atoms with Crippen molar-refractivity contribution in [3.63, 3.8) is 0 Å². The lowest BCUT2D eigenvalue weighted by molar-refractivity contribution is 0.381. The summed E-state index contributed by atoms with van der Waals surface area (Å²) in [6, 6.07) is 2.91. The van der Waals surface area contributed by atoms with Crippen molar-refractivity contribution in [3.05, 3.63) is 17.8 Å². The van der Waals surface area contributed by atoms with Crippen LogP contribution in [0.4, 0.5) is 5.82 Å². The molecule has 0 spiro atoms. The average Bonchev–Trinajstić information content (AvgIpc) is 3.20. The number of thiophene rings is 1. The minimum absolute atomic E-state index is 0.834. The maximum absolute atomic E-state index is 4.52. The normalized spacial score (nSPS) is 20.7. The van der Waals surface area contributed by atoms with E-state index < -0.39 is 0 Å². The first-order chi connectivity index (χ1) is 9.90. The molecule has 1 N–H and O–H groups in total. The molecular formula is C15H20N4S. The molecule has 1 saturated heterocycles. The predicted octanol–water partition coefficient (Wildman–Crippen LogP) is 2.66. The monoisotopic (exact) mass is 288 g/mol. The summed E-state index contributed by atoms with van der Waals surface area (Å²) in [6.07, 6.45) is 7.02. The highest BCUT2D eigenvalue weighted by Crippen LogP contribution is 2.30. The maximum atomic E-state index is 4.52. The van der Waals surface area contributed by atoms with Crippen molar-refractivity contribution < 1.29 is 0 Å². The van der Waals surface area contributed by atoms with Crippen LogP contribution in [0.5, 0.6) is 0 Å². The Labute approximate surface area is 123 Å². The highest BCUT2D eigenvalue weighted by molar-refractivity contribution is 7.17. The summed E-state index contributed by atoms with van der Waals surface area (Å²) in [7, 11) is 0. The zero-order valence-corrected chi connectivity index (χ0v) is 12.4. The molecule has 3 heterocycles. The Morgan fingerprint density at radius 2 is 2.05 bits per heavy atom. The van der Waals surface area contributed by atoms with Gasteiger partial charge in [-0.05, 0) is 49.6 Å². The van der Waals surface area contributed by atoms with Crippen molar-refractivity contribution in [2.24, 2.45) is 5.92 Å². The molecule has 0 unspecified atom stereocenters. The van der Waals surface area contributed by atoms with Crippen LogP contribution < -0.4 is 10.2 Å². The van der Waals surface area contributed by atoms with E-state index in [0.29, 0.717) is 0 Å². The molecule has 0 amide bonds. The minimum atomic E-state index is 0.834. The third-order valence-electron chi connectivity index (χ3n) is 4.41. The van der Waals surface area contributed by atoms with Crippen molar-refractivity contribution >= 4 is 27.4 Å². The van der Waals surface area contributed by atoms with Crippen molar-refractivity contribution in [1.29, 1.82) is 0 Å². The highest BCUT2D eigenvalue weighted by atomic mass is 32.1. The van der Waals surface area contributed by atoms with E-state index >= 15 is 0 Å². The summed E-state index contributed by atoms with van der Waals surface area (Å²) in [5.74, 6) is 1.98. The van der Waals surface area contributed by atoms with Gasteiger partial charge in [0.15, 0.2) is 0 Å². The average molecular weight is 288 g/mol. The molecule has 2 aromatic rings. The Balaban J connectivity index is 1.41. The summed E-state index contributed by atoms with van der Waals surface area (Å²) in [5.41, 5.74) is 1.08. The van der Waals surface area contributed by atoms with Crippen LogP contribution in [0, 0.1) is 5.92 Å². The number of hydrogen-bond acceptors (Lipinski definition) is 5. The van der Waals surface area contributed by atoms with Gasteiger partial charge < -0.3 is 10.2 Å². The minimum Gasteiger partial charge on any atom is -0.355 e. The molecule has 0 bridgehead atoms. The van der Waals surface area contributed by atoms with Crippen molar-refractivity contribution in [3.8, 4) is 0 Å². The van der Waals surface area contributed by atoms with Gasteiger partial charge in [-0.15, -0.1) is 11.3 Å². The molecule has 4 nitrogen and oxygen atoms in total. The molecular weight excluding hydrogens is 268 g/mol. The van der Waals surface area contributed by atoms with Crippen molar-refractivity contribution in [2.45, 2.75) is 31.7 Å². The first-order valence-corrected chi connectivity index (χ1v) is 8.44. The lowest BCUT2D eigenvalue weighted by Gasteiger charge is -2.33. The molecule has 1 saturated carbocycles. The van der Waals surface area contributed by atoms with Crippen LogP contribution in [0.2, 0.25) is 0 Å². The van der Waals surface area contributed by atoms with Crippen LogP contribution in [-0.2, 0) is 0 Å². The van der Waals surface area contributed by atoms with E-state index in [2.05, 4.69) is 31.6 Å². The van der Waals surface area contributed by atoms with E-state index in [1.807, 2.05) is 0 Å². The van der Waals surface area contributed by atoms with Gasteiger partial charge in [-0.2, -0.15) is 0 Å². The predicted molar refractivity (Wildman–Crippen MR) is 83.4 cm³/mol. The first-order valence-electron chi connectivity index (χ1n) is 7.56. The number of anilines is 1. The lowest BCUT2D eigenvalue weighted by atomic mass is 9.97. The SMILES string of the molecule is c1nc(N2CCC(CNC3CC3)CC2)c2sccc2n1. The Morgan fingerprint density at radius 3 is 2.85 bits per heavy atom. The molecule has 1 aliphatic carbocycles. The van der Waals surface area contributed by atoms with Gasteiger partial charge in [-0.3, -0.25) is 0 Å². The van der Waals surface area contributed by atoms with Gasteiger partial charge >= 0.3 is 0 Å². The Bertz CT molecular complexity index is 584. The molecule has 20 heavy (non-hydrogen) atoms. The molecule has 2 fully saturated rings. The van der Waals surface area contributed by atoms with Crippen LogP contribution in [0.3, 0.4) is 0 Å². The van der Waals surface area contributed by atoms with E-state index in [1.54, 1.807) is 17.7 Å². The van der Waals surface area contributed by atoms with Gasteiger partial charge in [0.2, 0.25) is 0 Å². The summed E-state index contributed by atoms with van der Waals surface area (Å²) in [5, 5.41) is 5.77. The first kappa shape index (κ1) is 12.5. The Morgan fingerprint density at radius 1 is 1.20 bits per heavy atom. The zero-order valence-electron chi connectivity index (χ0n) is 11.6. The largest absolute Gasteiger partial charge is 0.355 e. The van der Waals surface area contributed by atoms with Gasteiger partial charge in [0.1, 0.15) is 12.1 Å². The van der Waals surface area contributed by atoms with Crippen LogP contribution in [0.1, 0.15) is 25.7 Å². The Hall–Kier alpha value is -1.20. The van der Waals surface area contributed by atoms with Gasteiger partial charge in [-0.25, -0.2) is 9.97 Å². The number of aromatic nitrogens is 2. The Kier molecular flexibility index (Phi) is 3.32. The second-order valence-corrected chi connectivity index (χ2v) is 6.86. The van der Waals surface area contributed by atoms with Gasteiger partial charge in [0.25, 0.3) is 0 Å². The lowest BCUT2D eigenvalue weighted by Crippen LogP contribution is -2.38. The van der Waals surface area contributed by atoms with Gasteiger partial charge in [-0.1, -0.05) is 0 Å². The molecule has 0 atom stereocenters. The molecule has 1 aliphatic heterocycles. The number of nitrogens with one attached hydrogen (secondary N) is 1. The van der Waals surface area contributed by atoms with Crippen LogP contribution in [0.15, 0.2) is 17.8 Å². The molecule has 2 aromatic heterocycles. The number of rotatable bonds is 4. The highest BCUT2D eigenvalue weighted by Gasteiger charge is 2.25. The summed E-state index contributed by atoms with van der Waals surface area (Å²) in [6.45, 7) is 3.46. The number of nitrogens with zero attached hydrogens (tertiary/aromatic N) is 3. The maximum Gasteiger partial charge on any atom is 0.150 e. The van der Waals surface area contributed by atoms with Gasteiger partial charge in [0.05, 0.1) is 10.2 Å². The van der Waals surface area contributed by atoms with E-state index in [0.717, 1.165) is 36.4 Å². The van der Waals surface area contributed by atoms with Crippen LogP contribution in [0.25, 0.3) is 10.2 Å². The second kappa shape index (κ2) is 5.30. The molecule has 0 aromatic carbocycles. The van der Waals surface area contributed by atoms with Crippen molar-refractivity contribution in [1.82, 2.24) is 15.3 Å². The van der Waals surface area contributed by atoms with E-state index in [1.165, 1.54) is 36.9 Å². The number of hydrogen-bond donors (Lipinski definition) is 1.